The van der Waals surface area contributed by atoms with Crippen molar-refractivity contribution in [3.05, 3.63) is 60.3 Å². The molecule has 2 aromatic carbocycles. The van der Waals surface area contributed by atoms with Crippen LogP contribution in [0, 0.1) is 5.41 Å². The van der Waals surface area contributed by atoms with Crippen molar-refractivity contribution in [3.63, 3.8) is 0 Å². The molecule has 0 saturated carbocycles. The van der Waals surface area contributed by atoms with Crippen LogP contribution in [-0.2, 0) is 0 Å². The van der Waals surface area contributed by atoms with E-state index in [-0.39, 0.29) is 0 Å². The zero-order valence-corrected chi connectivity index (χ0v) is 13.2. The Balaban J connectivity index is 1.89. The fourth-order valence-corrected chi connectivity index (χ4v) is 2.25. The van der Waals surface area contributed by atoms with Crippen molar-refractivity contribution in [1.29, 1.82) is 5.41 Å². The van der Waals surface area contributed by atoms with Gasteiger partial charge in [0.05, 0.1) is 7.11 Å². The number of hydrogen-bond donors (Lipinski definition) is 3. The third-order valence-corrected chi connectivity index (χ3v) is 3.50. The summed E-state index contributed by atoms with van der Waals surface area (Å²) in [4.78, 5) is 8.84. The summed E-state index contributed by atoms with van der Waals surface area (Å²) >= 11 is 0. The molecular formula is C18H17N5O. The van der Waals surface area contributed by atoms with Crippen molar-refractivity contribution in [2.75, 3.05) is 18.2 Å². The van der Waals surface area contributed by atoms with Crippen LogP contribution in [0.1, 0.15) is 5.56 Å². The summed E-state index contributed by atoms with van der Waals surface area (Å²) in [7, 11) is 1.62. The molecule has 0 aliphatic carbocycles. The highest BCUT2D eigenvalue weighted by atomic mass is 16.5. The molecule has 0 radical (unpaired) electrons. The minimum atomic E-state index is 0.565. The first-order valence-electron chi connectivity index (χ1n) is 7.34. The number of nitrogen functional groups attached to an aromatic ring is 1. The first-order valence-corrected chi connectivity index (χ1v) is 7.34. The van der Waals surface area contributed by atoms with Gasteiger partial charge in [0.1, 0.15) is 11.6 Å². The lowest BCUT2D eigenvalue weighted by Crippen LogP contribution is -1.99. The van der Waals surface area contributed by atoms with Gasteiger partial charge >= 0.3 is 0 Å². The Labute approximate surface area is 139 Å². The van der Waals surface area contributed by atoms with E-state index < -0.39 is 0 Å². The van der Waals surface area contributed by atoms with Crippen LogP contribution in [0.25, 0.3) is 11.4 Å². The number of nitrogens with two attached hydrogens (primary N) is 1. The Morgan fingerprint density at radius 3 is 2.83 bits per heavy atom. The van der Waals surface area contributed by atoms with Crippen LogP contribution >= 0.6 is 0 Å². The summed E-state index contributed by atoms with van der Waals surface area (Å²) in [5, 5.41) is 10.6. The molecule has 6 nitrogen and oxygen atoms in total. The first-order chi connectivity index (χ1) is 11.7. The van der Waals surface area contributed by atoms with Crippen molar-refractivity contribution in [2.24, 2.45) is 0 Å². The quantitative estimate of drug-likeness (QED) is 0.494. The molecule has 3 rings (SSSR count). The van der Waals surface area contributed by atoms with Crippen LogP contribution in [0.3, 0.4) is 0 Å². The minimum absolute atomic E-state index is 0.565. The van der Waals surface area contributed by atoms with Crippen LogP contribution in [0.4, 0.5) is 17.2 Å². The molecule has 0 aliphatic rings. The van der Waals surface area contributed by atoms with E-state index in [1.807, 2.05) is 30.3 Å². The number of ether oxygens (including phenoxy) is 1. The molecule has 0 bridgehead atoms. The second kappa shape index (κ2) is 6.78. The molecule has 120 valence electrons. The number of rotatable bonds is 5. The number of nitrogens with zero attached hydrogens (tertiary/aromatic N) is 2. The molecule has 0 unspecified atom stereocenters. The van der Waals surface area contributed by atoms with E-state index in [2.05, 4.69) is 15.3 Å². The van der Waals surface area contributed by atoms with Crippen molar-refractivity contribution >= 4 is 23.4 Å². The smallest absolute Gasteiger partial charge is 0.161 e. The SMILES string of the molecule is COc1cccc(-c2nccc(Nc3ccc(N)c(C=N)c3)n2)c1. The normalized spacial score (nSPS) is 10.2. The fraction of sp³-hybridized carbons (Fsp3) is 0.0556. The van der Waals surface area contributed by atoms with Gasteiger partial charge in [0, 0.05) is 34.9 Å². The van der Waals surface area contributed by atoms with Crippen molar-refractivity contribution in [3.8, 4) is 17.1 Å². The molecule has 6 heteroatoms. The zero-order valence-electron chi connectivity index (χ0n) is 13.2. The maximum Gasteiger partial charge on any atom is 0.161 e. The van der Waals surface area contributed by atoms with Gasteiger partial charge in [-0.15, -0.1) is 0 Å². The van der Waals surface area contributed by atoms with Crippen molar-refractivity contribution in [2.45, 2.75) is 0 Å². The molecule has 4 N–H and O–H groups in total. The van der Waals surface area contributed by atoms with Crippen LogP contribution in [-0.4, -0.2) is 23.3 Å². The molecule has 1 heterocycles. The Bertz CT molecular complexity index is 879. The second-order valence-corrected chi connectivity index (χ2v) is 5.11. The summed E-state index contributed by atoms with van der Waals surface area (Å²) in [6, 6.07) is 14.8. The molecular weight excluding hydrogens is 302 g/mol. The van der Waals surface area contributed by atoms with E-state index in [9.17, 15) is 0 Å². The lowest BCUT2D eigenvalue weighted by atomic mass is 10.1. The van der Waals surface area contributed by atoms with E-state index in [4.69, 9.17) is 15.9 Å². The van der Waals surface area contributed by atoms with Gasteiger partial charge in [0.15, 0.2) is 5.82 Å². The third-order valence-electron chi connectivity index (χ3n) is 3.50. The van der Waals surface area contributed by atoms with Crippen molar-refractivity contribution in [1.82, 2.24) is 9.97 Å². The standard InChI is InChI=1S/C18H17N5O/c1-24-15-4-2-3-12(10-15)18-21-8-7-17(23-18)22-14-5-6-16(20)13(9-14)11-19/h2-11,19H,20H2,1H3,(H,21,22,23). The van der Waals surface area contributed by atoms with Gasteiger partial charge < -0.3 is 21.2 Å². The van der Waals surface area contributed by atoms with Gasteiger partial charge in [-0.2, -0.15) is 0 Å². The monoisotopic (exact) mass is 319 g/mol. The molecule has 0 saturated heterocycles. The van der Waals surface area contributed by atoms with E-state index >= 15 is 0 Å². The van der Waals surface area contributed by atoms with E-state index in [0.717, 1.165) is 17.0 Å². The van der Waals surface area contributed by atoms with Gasteiger partial charge in [0.2, 0.25) is 0 Å². The van der Waals surface area contributed by atoms with Crippen molar-refractivity contribution < 1.29 is 4.74 Å². The average Bonchev–Trinajstić information content (AvgIpc) is 2.63. The maximum atomic E-state index is 7.38. The highest BCUT2D eigenvalue weighted by Gasteiger charge is 2.05. The van der Waals surface area contributed by atoms with Gasteiger partial charge in [-0.25, -0.2) is 9.97 Å². The predicted octanol–water partition coefficient (Wildman–Crippen LogP) is 3.48. The van der Waals surface area contributed by atoms with Gasteiger partial charge in [-0.1, -0.05) is 12.1 Å². The number of hydrogen-bond acceptors (Lipinski definition) is 6. The van der Waals surface area contributed by atoms with E-state index in [0.29, 0.717) is 22.9 Å². The molecule has 1 aromatic heterocycles. The summed E-state index contributed by atoms with van der Waals surface area (Å²) < 4.78 is 5.23. The number of anilines is 3. The summed E-state index contributed by atoms with van der Waals surface area (Å²) in [5.74, 6) is 2.01. The highest BCUT2D eigenvalue weighted by Crippen LogP contribution is 2.23. The molecule has 24 heavy (non-hydrogen) atoms. The van der Waals surface area contributed by atoms with E-state index in [1.54, 1.807) is 31.5 Å². The molecule has 0 aliphatic heterocycles. The minimum Gasteiger partial charge on any atom is -0.497 e. The molecule has 3 aromatic rings. The number of methoxy groups -OCH3 is 1. The zero-order chi connectivity index (χ0) is 16.9. The summed E-state index contributed by atoms with van der Waals surface area (Å²) in [6.45, 7) is 0. The predicted molar refractivity (Wildman–Crippen MR) is 96.0 cm³/mol. The second-order valence-electron chi connectivity index (χ2n) is 5.11. The lowest BCUT2D eigenvalue weighted by Gasteiger charge is -2.09. The number of aromatic nitrogens is 2. The topological polar surface area (TPSA) is 96.9 Å². The number of benzene rings is 2. The molecule has 0 spiro atoms. The summed E-state index contributed by atoms with van der Waals surface area (Å²) in [6.07, 6.45) is 2.92. The highest BCUT2D eigenvalue weighted by molar-refractivity contribution is 5.87. The Hall–Kier alpha value is -3.41. The van der Waals surface area contributed by atoms with Crippen LogP contribution in [0.5, 0.6) is 5.75 Å². The Kier molecular flexibility index (Phi) is 4.38. The Morgan fingerprint density at radius 2 is 2.04 bits per heavy atom. The fourth-order valence-electron chi connectivity index (χ4n) is 2.25. The third kappa shape index (κ3) is 3.33. The molecule has 0 atom stereocenters. The van der Waals surface area contributed by atoms with Gasteiger partial charge in [0.25, 0.3) is 0 Å². The maximum absolute atomic E-state index is 7.38. The largest absolute Gasteiger partial charge is 0.497 e. The van der Waals surface area contributed by atoms with Gasteiger partial charge in [-0.05, 0) is 36.4 Å². The molecule has 0 amide bonds. The van der Waals surface area contributed by atoms with Crippen LogP contribution in [0.15, 0.2) is 54.7 Å². The van der Waals surface area contributed by atoms with Gasteiger partial charge in [-0.3, -0.25) is 0 Å². The van der Waals surface area contributed by atoms with Crippen LogP contribution < -0.4 is 15.8 Å². The van der Waals surface area contributed by atoms with E-state index in [1.165, 1.54) is 6.21 Å². The molecule has 0 fully saturated rings. The number of nitrogens with one attached hydrogen (secondary N) is 2. The van der Waals surface area contributed by atoms with Crippen LogP contribution in [0.2, 0.25) is 0 Å². The summed E-state index contributed by atoms with van der Waals surface area (Å²) in [5.41, 5.74) is 8.70. The first kappa shape index (κ1) is 15.5. The lowest BCUT2D eigenvalue weighted by molar-refractivity contribution is 0.415. The Morgan fingerprint density at radius 1 is 1.17 bits per heavy atom. The average molecular weight is 319 g/mol.